The van der Waals surface area contributed by atoms with Gasteiger partial charge in [-0.2, -0.15) is 0 Å². The van der Waals surface area contributed by atoms with E-state index < -0.39 is 0 Å². The molecule has 0 saturated heterocycles. The number of hydrogen-bond acceptors (Lipinski definition) is 0. The third-order valence-electron chi connectivity index (χ3n) is 3.12. The summed E-state index contributed by atoms with van der Waals surface area (Å²) in [5.74, 6) is 1.46. The molecular formula is C14H32P2. The van der Waals surface area contributed by atoms with E-state index in [1.54, 1.807) is 0 Å². The Bertz CT molecular complexity index is 198. The van der Waals surface area contributed by atoms with E-state index in [2.05, 4.69) is 69.0 Å². The van der Waals surface area contributed by atoms with Gasteiger partial charge in [0, 0.05) is 0 Å². The van der Waals surface area contributed by atoms with Gasteiger partial charge in [0.1, 0.15) is 0 Å². The smallest absolute Gasteiger partial charge is 0.0109 e. The quantitative estimate of drug-likeness (QED) is 0.541. The van der Waals surface area contributed by atoms with Gasteiger partial charge in [-0.3, -0.25) is 0 Å². The molecule has 2 heteroatoms. The average Bonchev–Trinajstić information content (AvgIpc) is 1.92. The molecule has 0 fully saturated rings. The first kappa shape index (κ1) is 16.9. The van der Waals surface area contributed by atoms with Crippen LogP contribution in [0.2, 0.25) is 0 Å². The maximum absolute atomic E-state index is 2.49. The molecule has 16 heavy (non-hydrogen) atoms. The van der Waals surface area contributed by atoms with Crippen LogP contribution in [0.25, 0.3) is 0 Å². The molecule has 0 nitrogen and oxygen atoms in total. The molecule has 0 aliphatic carbocycles. The average molecular weight is 262 g/mol. The van der Waals surface area contributed by atoms with E-state index >= 15 is 0 Å². The van der Waals surface area contributed by atoms with Gasteiger partial charge < -0.3 is 0 Å². The summed E-state index contributed by atoms with van der Waals surface area (Å²) < 4.78 is 0. The second kappa shape index (κ2) is 5.24. The van der Waals surface area contributed by atoms with Crippen LogP contribution in [0.4, 0.5) is 0 Å². The standard InChI is InChI=1S/C14H32P2/c1-12(2,3)15(10)11-16(13(4,5)6)14(7,8)9/h11H2,1-10H3/t15-/m1/s1. The minimum atomic E-state index is 0.0824. The van der Waals surface area contributed by atoms with Gasteiger partial charge in [0.15, 0.2) is 0 Å². The van der Waals surface area contributed by atoms with E-state index in [1.807, 2.05) is 0 Å². The molecular weight excluding hydrogens is 230 g/mol. The Hall–Kier alpha value is 0.860. The molecule has 0 aromatic carbocycles. The van der Waals surface area contributed by atoms with Gasteiger partial charge in [-0.1, -0.05) is 78.2 Å². The zero-order valence-corrected chi connectivity index (χ0v) is 14.9. The lowest BCUT2D eigenvalue weighted by Gasteiger charge is -2.45. The first-order valence-corrected chi connectivity index (χ1v) is 9.75. The molecule has 0 aliphatic rings. The summed E-state index contributed by atoms with van der Waals surface area (Å²) in [7, 11) is 0.222. The molecule has 0 aliphatic heterocycles. The third-order valence-corrected chi connectivity index (χ3v) is 11.5. The van der Waals surface area contributed by atoms with Crippen molar-refractivity contribution in [1.82, 2.24) is 0 Å². The highest BCUT2D eigenvalue weighted by Gasteiger charge is 2.36. The van der Waals surface area contributed by atoms with Crippen molar-refractivity contribution in [3.05, 3.63) is 0 Å². The van der Waals surface area contributed by atoms with Gasteiger partial charge in [0.2, 0.25) is 0 Å². The number of rotatable bonds is 2. The van der Waals surface area contributed by atoms with Gasteiger partial charge in [-0.25, -0.2) is 0 Å². The predicted molar refractivity (Wildman–Crippen MR) is 83.9 cm³/mol. The van der Waals surface area contributed by atoms with Gasteiger partial charge >= 0.3 is 0 Å². The van der Waals surface area contributed by atoms with Crippen LogP contribution in [0.3, 0.4) is 0 Å². The summed E-state index contributed by atoms with van der Waals surface area (Å²) in [6, 6.07) is 0. The first-order chi connectivity index (χ1) is 6.76. The van der Waals surface area contributed by atoms with Crippen LogP contribution in [0.1, 0.15) is 62.3 Å². The Balaban J connectivity index is 4.85. The van der Waals surface area contributed by atoms with E-state index in [-0.39, 0.29) is 15.8 Å². The van der Waals surface area contributed by atoms with Crippen molar-refractivity contribution >= 4 is 15.8 Å². The Morgan fingerprint density at radius 3 is 1.12 bits per heavy atom. The van der Waals surface area contributed by atoms with E-state index in [4.69, 9.17) is 0 Å². The SMILES string of the molecule is C[P@](CP(C(C)(C)C)C(C)(C)C)C(C)(C)C. The highest BCUT2D eigenvalue weighted by molar-refractivity contribution is 7.76. The Morgan fingerprint density at radius 1 is 0.625 bits per heavy atom. The first-order valence-electron chi connectivity index (χ1n) is 6.25. The van der Waals surface area contributed by atoms with Crippen LogP contribution >= 0.6 is 15.8 Å². The van der Waals surface area contributed by atoms with E-state index in [0.717, 1.165) is 0 Å². The van der Waals surface area contributed by atoms with E-state index in [1.165, 1.54) is 5.90 Å². The van der Waals surface area contributed by atoms with Crippen LogP contribution in [-0.4, -0.2) is 28.0 Å². The fraction of sp³-hybridized carbons (Fsp3) is 1.00. The van der Waals surface area contributed by atoms with Crippen LogP contribution < -0.4 is 0 Å². The highest BCUT2D eigenvalue weighted by atomic mass is 31.2. The van der Waals surface area contributed by atoms with Crippen molar-refractivity contribution in [3.8, 4) is 0 Å². The van der Waals surface area contributed by atoms with Crippen molar-refractivity contribution < 1.29 is 0 Å². The van der Waals surface area contributed by atoms with Crippen molar-refractivity contribution in [2.75, 3.05) is 12.6 Å². The molecule has 98 valence electrons. The lowest BCUT2D eigenvalue weighted by atomic mass is 10.2. The lowest BCUT2D eigenvalue weighted by molar-refractivity contribution is 0.708. The monoisotopic (exact) mass is 262 g/mol. The van der Waals surface area contributed by atoms with Crippen molar-refractivity contribution in [2.45, 2.75) is 77.8 Å². The van der Waals surface area contributed by atoms with Crippen molar-refractivity contribution in [3.63, 3.8) is 0 Å². The van der Waals surface area contributed by atoms with Crippen molar-refractivity contribution in [1.29, 1.82) is 0 Å². The van der Waals surface area contributed by atoms with Crippen molar-refractivity contribution in [2.24, 2.45) is 0 Å². The lowest BCUT2D eigenvalue weighted by Crippen LogP contribution is -2.27. The molecule has 0 aromatic rings. The molecule has 1 atom stereocenters. The zero-order chi connectivity index (χ0) is 13.4. The minimum absolute atomic E-state index is 0.0824. The van der Waals surface area contributed by atoms with Gasteiger partial charge in [0.25, 0.3) is 0 Å². The van der Waals surface area contributed by atoms with Crippen LogP contribution in [-0.2, 0) is 0 Å². The maximum atomic E-state index is 2.49. The normalized spacial score (nSPS) is 16.7. The van der Waals surface area contributed by atoms with Gasteiger partial charge in [0.05, 0.1) is 0 Å². The summed E-state index contributed by atoms with van der Waals surface area (Å²) in [6.45, 7) is 24.2. The van der Waals surface area contributed by atoms with Crippen LogP contribution in [0, 0.1) is 0 Å². The van der Waals surface area contributed by atoms with Crippen LogP contribution in [0.5, 0.6) is 0 Å². The summed E-state index contributed by atoms with van der Waals surface area (Å²) in [5, 5.41) is 1.47. The molecule has 0 saturated carbocycles. The molecule has 0 rings (SSSR count). The fourth-order valence-corrected chi connectivity index (χ4v) is 10.7. The number of hydrogen-bond donors (Lipinski definition) is 0. The Kier molecular flexibility index (Phi) is 5.52. The predicted octanol–water partition coefficient (Wildman–Crippen LogP) is 5.93. The van der Waals surface area contributed by atoms with Gasteiger partial charge in [-0.15, -0.1) is 0 Å². The Labute approximate surface area is 106 Å². The molecule has 0 aromatic heterocycles. The van der Waals surface area contributed by atoms with E-state index in [9.17, 15) is 0 Å². The second-order valence-electron chi connectivity index (χ2n) is 7.78. The molecule has 0 unspecified atom stereocenters. The summed E-state index contributed by atoms with van der Waals surface area (Å²) in [4.78, 5) is 0. The molecule has 0 bridgehead atoms. The molecule has 0 amide bonds. The minimum Gasteiger partial charge on any atom is -0.0999 e. The fourth-order valence-electron chi connectivity index (χ4n) is 1.85. The topological polar surface area (TPSA) is 0 Å². The Morgan fingerprint density at radius 2 is 0.938 bits per heavy atom. The maximum Gasteiger partial charge on any atom is -0.0109 e. The molecule has 0 heterocycles. The largest absolute Gasteiger partial charge is 0.0999 e. The summed E-state index contributed by atoms with van der Waals surface area (Å²) >= 11 is 0. The zero-order valence-electron chi connectivity index (χ0n) is 13.1. The van der Waals surface area contributed by atoms with Gasteiger partial charge in [-0.05, 0) is 28.0 Å². The summed E-state index contributed by atoms with van der Waals surface area (Å²) in [5.41, 5.74) is 0. The highest BCUT2D eigenvalue weighted by Crippen LogP contribution is 2.66. The second-order valence-corrected chi connectivity index (χ2v) is 15.2. The molecule has 0 spiro atoms. The molecule has 0 radical (unpaired) electrons. The van der Waals surface area contributed by atoms with E-state index in [0.29, 0.717) is 15.5 Å². The van der Waals surface area contributed by atoms with Crippen LogP contribution in [0.15, 0.2) is 0 Å². The molecule has 0 N–H and O–H groups in total. The third kappa shape index (κ3) is 5.46. The summed E-state index contributed by atoms with van der Waals surface area (Å²) in [6.07, 6.45) is 0.